The number of carbonyl (C=O) groups excluding carboxylic acids is 1. The van der Waals surface area contributed by atoms with Gasteiger partial charge in [-0.1, -0.05) is 0 Å². The van der Waals surface area contributed by atoms with Crippen molar-refractivity contribution in [3.05, 3.63) is 67.0 Å². The Morgan fingerprint density at radius 1 is 1.03 bits per heavy atom. The fourth-order valence-corrected chi connectivity index (χ4v) is 3.88. The molecule has 8 nitrogen and oxygen atoms in total. The number of rotatable bonds is 6. The van der Waals surface area contributed by atoms with Crippen LogP contribution in [0, 0.1) is 0 Å². The van der Waals surface area contributed by atoms with E-state index in [0.29, 0.717) is 19.0 Å². The Kier molecular flexibility index (Phi) is 5.66. The van der Waals surface area contributed by atoms with Gasteiger partial charge in [0.15, 0.2) is 0 Å². The molecule has 2 aromatic carbocycles. The topological polar surface area (TPSA) is 84.3 Å². The summed E-state index contributed by atoms with van der Waals surface area (Å²) in [5, 5.41) is 7.31. The van der Waals surface area contributed by atoms with Crippen molar-refractivity contribution in [3.8, 4) is 11.4 Å². The standard InChI is InChI=1S/C25H26N6O2/c1-17(2)33-22-9-3-19(4-10-22)28-25-27-15-18-11-13-31(24(18)29-25)21-7-5-20(6-8-21)30-14-12-26-16-23(30)32/h3-11,13,15,17,26H,12,14,16H2,1-2H3,(H,27,28,29). The normalized spacial score (nSPS) is 14.2. The van der Waals surface area contributed by atoms with Crippen molar-refractivity contribution >= 4 is 34.3 Å². The van der Waals surface area contributed by atoms with E-state index >= 15 is 0 Å². The van der Waals surface area contributed by atoms with Gasteiger partial charge < -0.3 is 24.8 Å². The molecule has 0 radical (unpaired) electrons. The fourth-order valence-electron chi connectivity index (χ4n) is 3.88. The third-order valence-electron chi connectivity index (χ3n) is 5.44. The molecule has 1 aliphatic rings. The van der Waals surface area contributed by atoms with Gasteiger partial charge in [0.25, 0.3) is 0 Å². The molecular formula is C25H26N6O2. The Bertz CT molecular complexity index is 1260. The van der Waals surface area contributed by atoms with Crippen molar-refractivity contribution in [2.24, 2.45) is 0 Å². The molecule has 1 aliphatic heterocycles. The third-order valence-corrected chi connectivity index (χ3v) is 5.44. The maximum atomic E-state index is 12.2. The van der Waals surface area contributed by atoms with Crippen LogP contribution in [0.1, 0.15) is 13.8 Å². The van der Waals surface area contributed by atoms with Crippen LogP contribution in [0.15, 0.2) is 67.0 Å². The Hall–Kier alpha value is -3.91. The highest BCUT2D eigenvalue weighted by atomic mass is 16.5. The van der Waals surface area contributed by atoms with Crippen LogP contribution in [-0.4, -0.2) is 46.2 Å². The molecule has 5 rings (SSSR count). The van der Waals surface area contributed by atoms with E-state index in [2.05, 4.69) is 15.6 Å². The van der Waals surface area contributed by atoms with Crippen LogP contribution < -0.4 is 20.3 Å². The van der Waals surface area contributed by atoms with Crippen LogP contribution in [0.25, 0.3) is 16.7 Å². The van der Waals surface area contributed by atoms with Gasteiger partial charge in [-0.15, -0.1) is 0 Å². The molecule has 0 saturated carbocycles. The molecule has 8 heteroatoms. The van der Waals surface area contributed by atoms with Crippen molar-refractivity contribution in [1.82, 2.24) is 19.9 Å². The van der Waals surface area contributed by atoms with Gasteiger partial charge in [0.2, 0.25) is 11.9 Å². The summed E-state index contributed by atoms with van der Waals surface area (Å²) in [7, 11) is 0. The number of nitrogens with zero attached hydrogens (tertiary/aromatic N) is 4. The number of hydrogen-bond donors (Lipinski definition) is 2. The quantitative estimate of drug-likeness (QED) is 0.471. The van der Waals surface area contributed by atoms with E-state index < -0.39 is 0 Å². The molecule has 0 aliphatic carbocycles. The van der Waals surface area contributed by atoms with Gasteiger partial charge in [-0.25, -0.2) is 4.98 Å². The summed E-state index contributed by atoms with van der Waals surface area (Å²) < 4.78 is 7.72. The van der Waals surface area contributed by atoms with Crippen LogP contribution in [0.2, 0.25) is 0 Å². The summed E-state index contributed by atoms with van der Waals surface area (Å²) in [5.41, 5.74) is 3.56. The lowest BCUT2D eigenvalue weighted by molar-refractivity contribution is -0.118. The summed E-state index contributed by atoms with van der Waals surface area (Å²) in [6.07, 6.45) is 3.92. The van der Waals surface area contributed by atoms with Gasteiger partial charge >= 0.3 is 0 Å². The maximum Gasteiger partial charge on any atom is 0.240 e. The van der Waals surface area contributed by atoms with Gasteiger partial charge in [0.1, 0.15) is 11.4 Å². The SMILES string of the molecule is CC(C)Oc1ccc(Nc2ncc3ccn(-c4ccc(N5CCNCC5=O)cc4)c3n2)cc1. The van der Waals surface area contributed by atoms with E-state index in [1.807, 2.05) is 90.3 Å². The molecule has 0 spiro atoms. The Morgan fingerprint density at radius 3 is 2.52 bits per heavy atom. The second kappa shape index (κ2) is 8.91. The first-order valence-corrected chi connectivity index (χ1v) is 11.1. The predicted molar refractivity (Wildman–Crippen MR) is 130 cm³/mol. The van der Waals surface area contributed by atoms with E-state index in [1.165, 1.54) is 0 Å². The maximum absolute atomic E-state index is 12.2. The lowest BCUT2D eigenvalue weighted by atomic mass is 10.2. The highest BCUT2D eigenvalue weighted by Crippen LogP contribution is 2.24. The van der Waals surface area contributed by atoms with Gasteiger partial charge in [-0.2, -0.15) is 4.98 Å². The van der Waals surface area contributed by atoms with E-state index in [-0.39, 0.29) is 12.0 Å². The molecule has 2 aromatic heterocycles. The number of ether oxygens (including phenoxy) is 1. The van der Waals surface area contributed by atoms with Crippen molar-refractivity contribution in [2.75, 3.05) is 29.9 Å². The van der Waals surface area contributed by atoms with Gasteiger partial charge in [0, 0.05) is 47.9 Å². The molecule has 2 N–H and O–H groups in total. The lowest BCUT2D eigenvalue weighted by Gasteiger charge is -2.27. The van der Waals surface area contributed by atoms with Crippen molar-refractivity contribution in [2.45, 2.75) is 20.0 Å². The smallest absolute Gasteiger partial charge is 0.240 e. The van der Waals surface area contributed by atoms with Crippen LogP contribution in [-0.2, 0) is 4.79 Å². The lowest BCUT2D eigenvalue weighted by Crippen LogP contribution is -2.48. The van der Waals surface area contributed by atoms with Crippen LogP contribution >= 0.6 is 0 Å². The minimum Gasteiger partial charge on any atom is -0.491 e. The highest BCUT2D eigenvalue weighted by Gasteiger charge is 2.19. The average molecular weight is 443 g/mol. The number of benzene rings is 2. The molecule has 0 atom stereocenters. The van der Waals surface area contributed by atoms with E-state index in [4.69, 9.17) is 9.72 Å². The monoisotopic (exact) mass is 442 g/mol. The molecule has 0 bridgehead atoms. The fraction of sp³-hybridized carbons (Fsp3) is 0.240. The first-order chi connectivity index (χ1) is 16.1. The van der Waals surface area contributed by atoms with Crippen molar-refractivity contribution in [3.63, 3.8) is 0 Å². The average Bonchev–Trinajstić information content (AvgIpc) is 3.24. The predicted octanol–water partition coefficient (Wildman–Crippen LogP) is 3.89. The molecule has 33 heavy (non-hydrogen) atoms. The molecule has 4 aromatic rings. The molecule has 0 unspecified atom stereocenters. The first-order valence-electron chi connectivity index (χ1n) is 11.1. The van der Waals surface area contributed by atoms with Crippen LogP contribution in [0.3, 0.4) is 0 Å². The van der Waals surface area contributed by atoms with Crippen molar-refractivity contribution in [1.29, 1.82) is 0 Å². The second-order valence-corrected chi connectivity index (χ2v) is 8.21. The molecular weight excluding hydrogens is 416 g/mol. The van der Waals surface area contributed by atoms with Crippen LogP contribution in [0.4, 0.5) is 17.3 Å². The summed E-state index contributed by atoms with van der Waals surface area (Å²) in [6, 6.07) is 17.7. The van der Waals surface area contributed by atoms with Crippen LogP contribution in [0.5, 0.6) is 5.75 Å². The zero-order valence-electron chi connectivity index (χ0n) is 18.7. The number of nitrogens with one attached hydrogen (secondary N) is 2. The van der Waals surface area contributed by atoms with Gasteiger partial charge in [-0.3, -0.25) is 4.79 Å². The molecule has 168 valence electrons. The summed E-state index contributed by atoms with van der Waals surface area (Å²) >= 11 is 0. The Balaban J connectivity index is 1.37. The van der Waals surface area contributed by atoms with E-state index in [9.17, 15) is 4.79 Å². The first kappa shape index (κ1) is 21.0. The molecule has 3 heterocycles. The Morgan fingerprint density at radius 2 is 1.79 bits per heavy atom. The number of aromatic nitrogens is 3. The Labute approximate surface area is 192 Å². The summed E-state index contributed by atoms with van der Waals surface area (Å²) in [4.78, 5) is 23.2. The molecule has 1 amide bonds. The van der Waals surface area contributed by atoms with Gasteiger partial charge in [-0.05, 0) is 68.4 Å². The highest BCUT2D eigenvalue weighted by molar-refractivity contribution is 5.95. The molecule has 1 fully saturated rings. The summed E-state index contributed by atoms with van der Waals surface area (Å²) in [6.45, 7) is 5.86. The summed E-state index contributed by atoms with van der Waals surface area (Å²) in [5.74, 6) is 1.43. The van der Waals surface area contributed by atoms with E-state index in [0.717, 1.165) is 40.4 Å². The zero-order valence-corrected chi connectivity index (χ0v) is 18.7. The zero-order chi connectivity index (χ0) is 22.8. The minimum absolute atomic E-state index is 0.0904. The largest absolute Gasteiger partial charge is 0.491 e. The third kappa shape index (κ3) is 4.51. The number of anilines is 3. The number of fused-ring (bicyclic) bond motifs is 1. The molecule has 1 saturated heterocycles. The van der Waals surface area contributed by atoms with Crippen molar-refractivity contribution < 1.29 is 9.53 Å². The number of amides is 1. The van der Waals surface area contributed by atoms with E-state index in [1.54, 1.807) is 0 Å². The number of hydrogen-bond acceptors (Lipinski definition) is 6. The van der Waals surface area contributed by atoms with Gasteiger partial charge in [0.05, 0.1) is 12.6 Å². The number of carbonyl (C=O) groups is 1. The minimum atomic E-state index is 0.0904. The number of piperazine rings is 1. The second-order valence-electron chi connectivity index (χ2n) is 8.21.